The van der Waals surface area contributed by atoms with E-state index in [2.05, 4.69) is 10.3 Å². The van der Waals surface area contributed by atoms with E-state index in [0.717, 1.165) is 30.4 Å². The van der Waals surface area contributed by atoms with Crippen molar-refractivity contribution < 1.29 is 17.9 Å². The Kier molecular flexibility index (Phi) is 5.06. The van der Waals surface area contributed by atoms with Crippen LogP contribution in [0.15, 0.2) is 47.4 Å². The SMILES string of the molecule is Cc1cccc(OCC(=O)NNS(=O)(=O)c2ccc3c(c2)CCC3)c1. The molecule has 2 aromatic rings. The molecule has 2 N–H and O–H groups in total. The van der Waals surface area contributed by atoms with Gasteiger partial charge in [0.2, 0.25) is 0 Å². The zero-order valence-electron chi connectivity index (χ0n) is 13.9. The number of hydrogen-bond donors (Lipinski definition) is 2. The minimum atomic E-state index is -3.80. The van der Waals surface area contributed by atoms with Crippen molar-refractivity contribution in [3.8, 4) is 5.75 Å². The van der Waals surface area contributed by atoms with Gasteiger partial charge in [0.25, 0.3) is 15.9 Å². The van der Waals surface area contributed by atoms with Crippen LogP contribution in [-0.4, -0.2) is 20.9 Å². The summed E-state index contributed by atoms with van der Waals surface area (Å²) in [5.74, 6) is -0.0251. The minimum Gasteiger partial charge on any atom is -0.484 e. The molecule has 0 bridgehead atoms. The van der Waals surface area contributed by atoms with Crippen molar-refractivity contribution in [1.29, 1.82) is 0 Å². The number of carbonyl (C=O) groups is 1. The maximum atomic E-state index is 12.3. The lowest BCUT2D eigenvalue weighted by molar-refractivity contribution is -0.123. The van der Waals surface area contributed by atoms with Crippen LogP contribution in [0.3, 0.4) is 0 Å². The number of hydrogen-bond acceptors (Lipinski definition) is 4. The summed E-state index contributed by atoms with van der Waals surface area (Å²) in [5, 5.41) is 0. The zero-order chi connectivity index (χ0) is 17.9. The van der Waals surface area contributed by atoms with E-state index >= 15 is 0 Å². The molecule has 3 rings (SSSR count). The zero-order valence-corrected chi connectivity index (χ0v) is 14.7. The summed E-state index contributed by atoms with van der Waals surface area (Å²) in [6, 6.07) is 12.3. The third kappa shape index (κ3) is 4.37. The number of sulfonamides is 1. The molecule has 0 saturated heterocycles. The highest BCUT2D eigenvalue weighted by Gasteiger charge is 2.19. The van der Waals surface area contributed by atoms with Crippen LogP contribution in [0.4, 0.5) is 0 Å². The summed E-state index contributed by atoms with van der Waals surface area (Å²) >= 11 is 0. The van der Waals surface area contributed by atoms with Gasteiger partial charge < -0.3 is 4.74 Å². The third-order valence-corrected chi connectivity index (χ3v) is 5.31. The molecule has 0 saturated carbocycles. The maximum Gasteiger partial charge on any atom is 0.272 e. The molecule has 0 fully saturated rings. The number of benzene rings is 2. The van der Waals surface area contributed by atoms with Gasteiger partial charge in [0.05, 0.1) is 4.90 Å². The summed E-state index contributed by atoms with van der Waals surface area (Å²) in [6.07, 6.45) is 2.91. The number of hydrazine groups is 1. The van der Waals surface area contributed by atoms with Crippen molar-refractivity contribution in [2.75, 3.05) is 6.61 Å². The molecule has 0 atom stereocenters. The van der Waals surface area contributed by atoms with Gasteiger partial charge in [0.15, 0.2) is 6.61 Å². The first-order valence-electron chi connectivity index (χ1n) is 8.06. The fourth-order valence-corrected chi connectivity index (χ4v) is 3.70. The predicted molar refractivity (Wildman–Crippen MR) is 93.6 cm³/mol. The molecule has 2 aromatic carbocycles. The highest BCUT2D eigenvalue weighted by molar-refractivity contribution is 7.89. The van der Waals surface area contributed by atoms with Crippen molar-refractivity contribution in [2.24, 2.45) is 0 Å². The first-order valence-corrected chi connectivity index (χ1v) is 9.54. The van der Waals surface area contributed by atoms with Gasteiger partial charge in [-0.1, -0.05) is 18.2 Å². The Balaban J connectivity index is 1.55. The number of nitrogens with one attached hydrogen (secondary N) is 2. The monoisotopic (exact) mass is 360 g/mol. The van der Waals surface area contributed by atoms with Gasteiger partial charge in [0, 0.05) is 0 Å². The van der Waals surface area contributed by atoms with Crippen LogP contribution in [-0.2, 0) is 27.7 Å². The van der Waals surface area contributed by atoms with Crippen LogP contribution < -0.4 is 15.0 Å². The summed E-state index contributed by atoms with van der Waals surface area (Å²) < 4.78 is 29.9. The molecule has 7 heteroatoms. The van der Waals surface area contributed by atoms with Crippen molar-refractivity contribution >= 4 is 15.9 Å². The summed E-state index contributed by atoms with van der Waals surface area (Å²) in [7, 11) is -3.80. The normalized spacial score (nSPS) is 13.3. The smallest absolute Gasteiger partial charge is 0.272 e. The van der Waals surface area contributed by atoms with E-state index in [1.807, 2.05) is 25.1 Å². The highest BCUT2D eigenvalue weighted by Crippen LogP contribution is 2.24. The molecule has 0 heterocycles. The molecule has 132 valence electrons. The van der Waals surface area contributed by atoms with Crippen molar-refractivity contribution in [3.63, 3.8) is 0 Å². The Morgan fingerprint density at radius 2 is 1.92 bits per heavy atom. The first-order chi connectivity index (χ1) is 11.9. The fraction of sp³-hybridized carbons (Fsp3) is 0.278. The summed E-state index contributed by atoms with van der Waals surface area (Å²) in [6.45, 7) is 1.63. The van der Waals surface area contributed by atoms with Gasteiger partial charge in [-0.05, 0) is 67.1 Å². The molecular weight excluding hydrogens is 340 g/mol. The van der Waals surface area contributed by atoms with E-state index in [9.17, 15) is 13.2 Å². The van der Waals surface area contributed by atoms with Gasteiger partial charge >= 0.3 is 0 Å². The van der Waals surface area contributed by atoms with Gasteiger partial charge in [-0.3, -0.25) is 10.2 Å². The van der Waals surface area contributed by atoms with Gasteiger partial charge in [-0.25, -0.2) is 8.42 Å². The molecule has 0 spiro atoms. The summed E-state index contributed by atoms with van der Waals surface area (Å²) in [5.41, 5.74) is 5.42. The van der Waals surface area contributed by atoms with Crippen LogP contribution >= 0.6 is 0 Å². The van der Waals surface area contributed by atoms with Gasteiger partial charge in [-0.2, -0.15) is 0 Å². The lowest BCUT2D eigenvalue weighted by Gasteiger charge is -2.10. The van der Waals surface area contributed by atoms with Crippen LogP contribution in [0.5, 0.6) is 5.75 Å². The molecule has 6 nitrogen and oxygen atoms in total. The number of fused-ring (bicyclic) bond motifs is 1. The Morgan fingerprint density at radius 1 is 1.12 bits per heavy atom. The Hall–Kier alpha value is -2.38. The average Bonchev–Trinajstić information content (AvgIpc) is 3.06. The minimum absolute atomic E-state index is 0.146. The summed E-state index contributed by atoms with van der Waals surface area (Å²) in [4.78, 5) is 14.1. The molecule has 1 amide bonds. The Labute approximate surface area is 147 Å². The van der Waals surface area contributed by atoms with Crippen LogP contribution in [0.1, 0.15) is 23.1 Å². The number of ether oxygens (including phenoxy) is 1. The molecule has 0 unspecified atom stereocenters. The van der Waals surface area contributed by atoms with E-state index in [0.29, 0.717) is 5.75 Å². The molecular formula is C18H20N2O4S. The fourth-order valence-electron chi connectivity index (χ4n) is 2.79. The molecule has 0 aliphatic heterocycles. The predicted octanol–water partition coefficient (Wildman–Crippen LogP) is 1.87. The molecule has 0 radical (unpaired) electrons. The van der Waals surface area contributed by atoms with Crippen molar-refractivity contribution in [3.05, 3.63) is 59.2 Å². The van der Waals surface area contributed by atoms with Crippen molar-refractivity contribution in [1.82, 2.24) is 10.3 Å². The third-order valence-electron chi connectivity index (χ3n) is 4.06. The van der Waals surface area contributed by atoms with Crippen LogP contribution in [0.2, 0.25) is 0 Å². The van der Waals surface area contributed by atoms with E-state index in [1.165, 1.54) is 5.56 Å². The van der Waals surface area contributed by atoms with E-state index < -0.39 is 15.9 Å². The van der Waals surface area contributed by atoms with Crippen molar-refractivity contribution in [2.45, 2.75) is 31.1 Å². The second-order valence-electron chi connectivity index (χ2n) is 6.04. The molecule has 0 aromatic heterocycles. The average molecular weight is 360 g/mol. The first kappa shape index (κ1) is 17.4. The molecule has 1 aliphatic rings. The standard InChI is InChI=1S/C18H20N2O4S/c1-13-4-2-7-16(10-13)24-12-18(21)19-20-25(22,23)17-9-8-14-5-3-6-15(14)11-17/h2,4,7-11,20H,3,5-6,12H2,1H3,(H,19,21). The number of carbonyl (C=O) groups excluding carboxylic acids is 1. The topological polar surface area (TPSA) is 84.5 Å². The quantitative estimate of drug-likeness (QED) is 0.770. The number of aryl methyl sites for hydroxylation is 3. The molecule has 25 heavy (non-hydrogen) atoms. The molecule has 1 aliphatic carbocycles. The van der Waals surface area contributed by atoms with E-state index in [4.69, 9.17) is 4.74 Å². The number of amides is 1. The second-order valence-corrected chi connectivity index (χ2v) is 7.73. The Morgan fingerprint density at radius 3 is 2.72 bits per heavy atom. The highest BCUT2D eigenvalue weighted by atomic mass is 32.2. The second kappa shape index (κ2) is 7.25. The largest absolute Gasteiger partial charge is 0.484 e. The maximum absolute atomic E-state index is 12.3. The van der Waals surface area contributed by atoms with Gasteiger partial charge in [-0.15, -0.1) is 4.83 Å². The lowest BCUT2D eigenvalue weighted by Crippen LogP contribution is -2.43. The van der Waals surface area contributed by atoms with Gasteiger partial charge in [0.1, 0.15) is 5.75 Å². The van der Waals surface area contributed by atoms with Crippen LogP contribution in [0.25, 0.3) is 0 Å². The lowest BCUT2D eigenvalue weighted by atomic mass is 10.1. The Bertz CT molecular complexity index is 894. The van der Waals surface area contributed by atoms with E-state index in [-0.39, 0.29) is 11.5 Å². The van der Waals surface area contributed by atoms with E-state index in [1.54, 1.807) is 24.3 Å². The van der Waals surface area contributed by atoms with Crippen LogP contribution in [0, 0.1) is 6.92 Å². The number of rotatable bonds is 6.